The summed E-state index contributed by atoms with van der Waals surface area (Å²) in [6, 6.07) is 23.1. The van der Waals surface area contributed by atoms with Crippen LogP contribution in [0.25, 0.3) is 11.4 Å². The zero-order valence-corrected chi connectivity index (χ0v) is 25.8. The topological polar surface area (TPSA) is 94.2 Å². The lowest BCUT2D eigenvalue weighted by molar-refractivity contribution is 0.0610. The Kier molecular flexibility index (Phi) is 7.81. The van der Waals surface area contributed by atoms with Gasteiger partial charge in [0.25, 0.3) is 11.8 Å². The molecular weight excluding hydrogens is 632 g/mol. The van der Waals surface area contributed by atoms with Crippen LogP contribution in [0.1, 0.15) is 52.0 Å². The number of aromatic nitrogens is 4. The monoisotopic (exact) mass is 658 g/mol. The number of halogens is 2. The number of rotatable bonds is 6. The highest BCUT2D eigenvalue weighted by Crippen LogP contribution is 2.28. The first-order chi connectivity index (χ1) is 20.7. The maximum Gasteiger partial charge on any atom is 0.333 e. The molecule has 2 aromatic heterocycles. The number of carbonyl (C=O) groups is 2. The molecule has 2 atom stereocenters. The number of fused-ring (bicyclic) bond motifs is 1. The minimum atomic E-state index is -0.410. The molecule has 1 aliphatic heterocycles. The van der Waals surface area contributed by atoms with Crippen molar-refractivity contribution in [1.82, 2.24) is 29.1 Å². The van der Waals surface area contributed by atoms with Crippen LogP contribution in [0.2, 0.25) is 5.02 Å². The number of hydrogen-bond donors (Lipinski definition) is 1. The van der Waals surface area contributed by atoms with Gasteiger partial charge in [-0.1, -0.05) is 41.9 Å². The zero-order valence-electron chi connectivity index (χ0n) is 23.4. The van der Waals surface area contributed by atoms with Crippen molar-refractivity contribution in [3.8, 4) is 11.4 Å². The number of amides is 2. The Hall–Kier alpha value is -4.41. The number of imidazole rings is 1. The van der Waals surface area contributed by atoms with Gasteiger partial charge >= 0.3 is 5.69 Å². The van der Waals surface area contributed by atoms with Crippen LogP contribution in [0.3, 0.4) is 0 Å². The summed E-state index contributed by atoms with van der Waals surface area (Å²) < 4.78 is 5.44. The second kappa shape index (κ2) is 11.7. The van der Waals surface area contributed by atoms with Gasteiger partial charge in [0.2, 0.25) is 0 Å². The Morgan fingerprint density at radius 3 is 2.42 bits per heavy atom. The molecule has 9 nitrogen and oxygen atoms in total. The second-order valence-corrected chi connectivity index (χ2v) is 11.8. The third-order valence-electron chi connectivity index (χ3n) is 7.71. The van der Waals surface area contributed by atoms with Crippen molar-refractivity contribution >= 4 is 39.3 Å². The summed E-state index contributed by atoms with van der Waals surface area (Å²) in [6.07, 6.45) is 3.51. The Labute approximate surface area is 261 Å². The van der Waals surface area contributed by atoms with Gasteiger partial charge in [0.1, 0.15) is 5.69 Å². The van der Waals surface area contributed by atoms with E-state index in [1.54, 1.807) is 50.7 Å². The smallest absolute Gasteiger partial charge is 0.333 e. The quantitative estimate of drug-likeness (QED) is 0.250. The van der Waals surface area contributed by atoms with Crippen molar-refractivity contribution in [2.45, 2.75) is 39.0 Å². The van der Waals surface area contributed by atoms with E-state index in [2.05, 4.69) is 26.3 Å². The molecule has 11 heteroatoms. The Balaban J connectivity index is 1.43. The summed E-state index contributed by atoms with van der Waals surface area (Å²) in [4.78, 5) is 43.4. The average molecular weight is 660 g/mol. The number of nitrogens with one attached hydrogen (secondary N) is 1. The Morgan fingerprint density at radius 1 is 1.02 bits per heavy atom. The van der Waals surface area contributed by atoms with Crippen LogP contribution < -0.4 is 11.0 Å². The van der Waals surface area contributed by atoms with Crippen LogP contribution in [0, 0.1) is 0 Å². The number of nitrogens with zero attached hydrogens (tertiary/aromatic N) is 5. The summed E-state index contributed by atoms with van der Waals surface area (Å²) in [6.45, 7) is 4.09. The summed E-state index contributed by atoms with van der Waals surface area (Å²) in [5.41, 5.74) is 3.02. The van der Waals surface area contributed by atoms with E-state index in [0.29, 0.717) is 26.4 Å². The fourth-order valence-electron chi connectivity index (χ4n) is 5.42. The molecule has 218 valence electrons. The highest BCUT2D eigenvalue weighted by Gasteiger charge is 2.35. The summed E-state index contributed by atoms with van der Waals surface area (Å²) >= 11 is 9.66. The third-order valence-corrected chi connectivity index (χ3v) is 8.94. The predicted octanol–water partition coefficient (Wildman–Crippen LogP) is 5.78. The van der Waals surface area contributed by atoms with Crippen LogP contribution in [-0.2, 0) is 13.1 Å². The van der Waals surface area contributed by atoms with Gasteiger partial charge in [0, 0.05) is 35.0 Å². The van der Waals surface area contributed by atoms with Gasteiger partial charge in [-0.05, 0) is 83.9 Å². The first-order valence-corrected chi connectivity index (χ1v) is 15.0. The molecule has 6 rings (SSSR count). The first-order valence-electron chi connectivity index (χ1n) is 13.8. The van der Waals surface area contributed by atoms with Crippen molar-refractivity contribution < 1.29 is 9.59 Å². The molecule has 5 aromatic rings. The van der Waals surface area contributed by atoms with Gasteiger partial charge in [-0.2, -0.15) is 5.10 Å². The number of benzene rings is 3. The number of carbonyl (C=O) groups excluding carboxylic acids is 2. The molecule has 1 N–H and O–H groups in total. The fourth-order valence-corrected chi connectivity index (χ4v) is 5.85. The molecule has 0 saturated carbocycles. The molecule has 0 radical (unpaired) electrons. The first kappa shape index (κ1) is 28.7. The summed E-state index contributed by atoms with van der Waals surface area (Å²) in [5, 5.41) is 7.76. The molecule has 3 aromatic carbocycles. The molecule has 2 amide bonds. The molecule has 0 saturated heterocycles. The van der Waals surface area contributed by atoms with Gasteiger partial charge in [-0.25, -0.2) is 9.48 Å². The molecule has 3 heterocycles. The van der Waals surface area contributed by atoms with E-state index in [9.17, 15) is 14.4 Å². The van der Waals surface area contributed by atoms with Crippen molar-refractivity contribution in [3.05, 3.63) is 134 Å². The summed E-state index contributed by atoms with van der Waals surface area (Å²) in [7, 11) is 0. The second-order valence-electron chi connectivity index (χ2n) is 10.5. The van der Waals surface area contributed by atoms with E-state index >= 15 is 0 Å². The zero-order chi connectivity index (χ0) is 30.2. The van der Waals surface area contributed by atoms with Crippen LogP contribution in [0.4, 0.5) is 0 Å². The lowest BCUT2D eigenvalue weighted by Crippen LogP contribution is -2.47. The van der Waals surface area contributed by atoms with Gasteiger partial charge in [0.05, 0.1) is 34.7 Å². The fraction of sp³-hybridized carbons (Fsp3) is 0.188. The molecule has 0 bridgehead atoms. The summed E-state index contributed by atoms with van der Waals surface area (Å²) in [5.74, 6) is -0.645. The molecule has 0 fully saturated rings. The minimum absolute atomic E-state index is 0.0732. The van der Waals surface area contributed by atoms with Crippen LogP contribution in [0.5, 0.6) is 0 Å². The van der Waals surface area contributed by atoms with Crippen molar-refractivity contribution in [1.29, 1.82) is 0 Å². The highest BCUT2D eigenvalue weighted by molar-refractivity contribution is 9.10. The molecule has 0 spiro atoms. The van der Waals surface area contributed by atoms with Gasteiger partial charge < -0.3 is 10.2 Å². The number of hydrogen-bond acceptors (Lipinski definition) is 4. The lowest BCUT2D eigenvalue weighted by Gasteiger charge is -2.34. The molecular formula is C32H28BrClN6O3. The van der Waals surface area contributed by atoms with Crippen LogP contribution in [-0.4, -0.2) is 41.7 Å². The van der Waals surface area contributed by atoms with E-state index < -0.39 is 5.91 Å². The molecule has 43 heavy (non-hydrogen) atoms. The van der Waals surface area contributed by atoms with E-state index in [-0.39, 0.29) is 42.5 Å². The highest BCUT2D eigenvalue weighted by atomic mass is 79.9. The standard InChI is InChI=1S/C32H28BrClN6O3/c1-20-18-38-28(19-37(20)31(42)23-9-14-26(33)27(34)17-23)29(30(41)36-21(2)22-7-4-3-5-8-22)40(32(38)43)25-12-10-24(11-13-25)39-16-6-15-35-39/h3-17,20-21H,18-19H2,1-2H3,(H,36,41)/t20?,21-/m1/s1. The van der Waals surface area contributed by atoms with Crippen molar-refractivity contribution in [2.75, 3.05) is 0 Å². The lowest BCUT2D eigenvalue weighted by atomic mass is 10.1. The van der Waals surface area contributed by atoms with Crippen LogP contribution >= 0.6 is 27.5 Å². The van der Waals surface area contributed by atoms with E-state index in [1.165, 1.54) is 4.57 Å². The molecule has 1 aliphatic rings. The Bertz CT molecular complexity index is 1870. The molecule has 1 unspecified atom stereocenters. The van der Waals surface area contributed by atoms with Crippen LogP contribution in [0.15, 0.2) is 101 Å². The van der Waals surface area contributed by atoms with E-state index in [0.717, 1.165) is 11.3 Å². The van der Waals surface area contributed by atoms with Crippen molar-refractivity contribution in [2.24, 2.45) is 0 Å². The van der Waals surface area contributed by atoms with E-state index in [4.69, 9.17) is 11.6 Å². The van der Waals surface area contributed by atoms with Crippen molar-refractivity contribution in [3.63, 3.8) is 0 Å². The van der Waals surface area contributed by atoms with E-state index in [1.807, 2.05) is 68.6 Å². The minimum Gasteiger partial charge on any atom is -0.344 e. The maximum atomic E-state index is 14.0. The Morgan fingerprint density at radius 2 is 1.74 bits per heavy atom. The SMILES string of the molecule is CC1Cn2c(c(C(=O)N[C@H](C)c3ccccc3)n(-c3ccc(-n4cccn4)cc3)c2=O)CN1C(=O)c1ccc(Br)c(Cl)c1. The largest absolute Gasteiger partial charge is 0.344 e. The molecule has 0 aliphatic carbocycles. The third kappa shape index (κ3) is 5.44. The van der Waals surface area contributed by atoms with Gasteiger partial charge in [-0.3, -0.25) is 18.7 Å². The van der Waals surface area contributed by atoms with Gasteiger partial charge in [-0.15, -0.1) is 0 Å². The normalized spacial score (nSPS) is 15.2. The predicted molar refractivity (Wildman–Crippen MR) is 168 cm³/mol. The maximum absolute atomic E-state index is 14.0. The average Bonchev–Trinajstić information content (AvgIpc) is 3.65. The van der Waals surface area contributed by atoms with Gasteiger partial charge in [0.15, 0.2) is 0 Å².